The average Bonchev–Trinajstić information content (AvgIpc) is 2.72. The molecule has 5 nitrogen and oxygen atoms in total. The van der Waals surface area contributed by atoms with Crippen molar-refractivity contribution in [2.24, 2.45) is 0 Å². The maximum atomic E-state index is 14.4. The third-order valence-corrected chi connectivity index (χ3v) is 5.23. The highest BCUT2D eigenvalue weighted by Crippen LogP contribution is 2.38. The van der Waals surface area contributed by atoms with Crippen LogP contribution in [0.2, 0.25) is 0 Å². The van der Waals surface area contributed by atoms with Gasteiger partial charge in [-0.2, -0.15) is 0 Å². The van der Waals surface area contributed by atoms with E-state index in [0.717, 1.165) is 41.8 Å². The van der Waals surface area contributed by atoms with Crippen molar-refractivity contribution in [2.45, 2.75) is 6.42 Å². The maximum Gasteiger partial charge on any atom is 0.163 e. The molecule has 0 saturated carbocycles. The van der Waals surface area contributed by atoms with Gasteiger partial charge in [0.05, 0.1) is 7.11 Å². The van der Waals surface area contributed by atoms with Crippen LogP contribution >= 0.6 is 0 Å². The standard InChI is InChI=1S/C23H19FN4O/c1-29-20-13-16(17-7-2-3-8-19(17)24)12-18-21(20)26-22(15-6-4-9-25-14-15)27-23(18)28-10-5-11-28/h2-4,6-9,12-14H,5,10-11H2,1H3. The van der Waals surface area contributed by atoms with Crippen molar-refractivity contribution in [1.29, 1.82) is 0 Å². The van der Waals surface area contributed by atoms with Crippen molar-refractivity contribution in [3.63, 3.8) is 0 Å². The smallest absolute Gasteiger partial charge is 0.163 e. The Morgan fingerprint density at radius 3 is 2.55 bits per heavy atom. The summed E-state index contributed by atoms with van der Waals surface area (Å²) in [6.45, 7) is 1.87. The topological polar surface area (TPSA) is 51.1 Å². The fourth-order valence-electron chi connectivity index (χ4n) is 3.58. The second-order valence-electron chi connectivity index (χ2n) is 7.01. The number of hydrogen-bond donors (Lipinski definition) is 0. The monoisotopic (exact) mass is 386 g/mol. The molecule has 144 valence electrons. The number of anilines is 1. The summed E-state index contributed by atoms with van der Waals surface area (Å²) >= 11 is 0. The molecule has 3 heterocycles. The number of methoxy groups -OCH3 is 1. The van der Waals surface area contributed by atoms with Gasteiger partial charge in [-0.05, 0) is 42.3 Å². The Balaban J connectivity index is 1.79. The van der Waals surface area contributed by atoms with Crippen molar-refractivity contribution in [2.75, 3.05) is 25.1 Å². The Morgan fingerprint density at radius 1 is 1.00 bits per heavy atom. The van der Waals surface area contributed by atoms with Crippen LogP contribution in [0.15, 0.2) is 60.9 Å². The van der Waals surface area contributed by atoms with Gasteiger partial charge in [-0.3, -0.25) is 4.98 Å². The lowest BCUT2D eigenvalue weighted by molar-refractivity contribution is 0.419. The van der Waals surface area contributed by atoms with Gasteiger partial charge in [-0.15, -0.1) is 0 Å². The minimum absolute atomic E-state index is 0.271. The normalized spacial score (nSPS) is 13.4. The SMILES string of the molecule is COc1cc(-c2ccccc2F)cc2c(N3CCC3)nc(-c3cccnc3)nc12. The van der Waals surface area contributed by atoms with Gasteiger partial charge in [0.2, 0.25) is 0 Å². The van der Waals surface area contributed by atoms with Crippen molar-refractivity contribution in [3.8, 4) is 28.3 Å². The molecule has 0 radical (unpaired) electrons. The van der Waals surface area contributed by atoms with Crippen LogP contribution < -0.4 is 9.64 Å². The van der Waals surface area contributed by atoms with E-state index in [1.54, 1.807) is 31.6 Å². The number of ether oxygens (including phenoxy) is 1. The van der Waals surface area contributed by atoms with Gasteiger partial charge in [0, 0.05) is 42.0 Å². The predicted molar refractivity (Wildman–Crippen MR) is 112 cm³/mol. The molecule has 2 aromatic heterocycles. The zero-order valence-corrected chi connectivity index (χ0v) is 16.0. The Morgan fingerprint density at radius 2 is 1.86 bits per heavy atom. The van der Waals surface area contributed by atoms with Gasteiger partial charge in [0.25, 0.3) is 0 Å². The maximum absolute atomic E-state index is 14.4. The Kier molecular flexibility index (Phi) is 4.31. The van der Waals surface area contributed by atoms with Crippen LogP contribution in [0.4, 0.5) is 10.2 Å². The Bertz CT molecular complexity index is 1190. The molecule has 0 amide bonds. The summed E-state index contributed by atoms with van der Waals surface area (Å²) in [6.07, 6.45) is 4.60. The predicted octanol–water partition coefficient (Wildman–Crippen LogP) is 4.72. The molecular weight excluding hydrogens is 367 g/mol. The van der Waals surface area contributed by atoms with E-state index in [4.69, 9.17) is 14.7 Å². The highest BCUT2D eigenvalue weighted by atomic mass is 19.1. The van der Waals surface area contributed by atoms with Gasteiger partial charge >= 0.3 is 0 Å². The fourth-order valence-corrected chi connectivity index (χ4v) is 3.58. The van der Waals surface area contributed by atoms with E-state index in [2.05, 4.69) is 9.88 Å². The zero-order chi connectivity index (χ0) is 19.8. The lowest BCUT2D eigenvalue weighted by Gasteiger charge is -2.33. The summed E-state index contributed by atoms with van der Waals surface area (Å²) < 4.78 is 20.1. The lowest BCUT2D eigenvalue weighted by Crippen LogP contribution is -2.37. The van der Waals surface area contributed by atoms with Gasteiger partial charge in [-0.25, -0.2) is 14.4 Å². The van der Waals surface area contributed by atoms with Crippen molar-refractivity contribution in [3.05, 3.63) is 66.7 Å². The summed E-state index contributed by atoms with van der Waals surface area (Å²) in [5.74, 6) is 1.77. The Labute approximate surface area is 167 Å². The molecule has 1 aliphatic heterocycles. The highest BCUT2D eigenvalue weighted by molar-refractivity contribution is 5.98. The minimum atomic E-state index is -0.271. The molecule has 1 aliphatic rings. The van der Waals surface area contributed by atoms with E-state index in [1.165, 1.54) is 6.07 Å². The number of fused-ring (bicyclic) bond motifs is 1. The van der Waals surface area contributed by atoms with Crippen LogP contribution in [0.25, 0.3) is 33.4 Å². The first kappa shape index (κ1) is 17.6. The minimum Gasteiger partial charge on any atom is -0.494 e. The summed E-state index contributed by atoms with van der Waals surface area (Å²) in [5, 5.41) is 0.856. The first-order chi connectivity index (χ1) is 14.2. The van der Waals surface area contributed by atoms with Crippen LogP contribution in [0.5, 0.6) is 5.75 Å². The lowest BCUT2D eigenvalue weighted by atomic mass is 10.0. The number of rotatable bonds is 4. The molecule has 0 atom stereocenters. The third kappa shape index (κ3) is 3.06. The van der Waals surface area contributed by atoms with Crippen molar-refractivity contribution in [1.82, 2.24) is 15.0 Å². The number of pyridine rings is 1. The second-order valence-corrected chi connectivity index (χ2v) is 7.01. The largest absolute Gasteiger partial charge is 0.494 e. The van der Waals surface area contributed by atoms with E-state index in [9.17, 15) is 4.39 Å². The third-order valence-electron chi connectivity index (χ3n) is 5.23. The fraction of sp³-hybridized carbons (Fsp3) is 0.174. The van der Waals surface area contributed by atoms with E-state index >= 15 is 0 Å². The zero-order valence-electron chi connectivity index (χ0n) is 16.0. The van der Waals surface area contributed by atoms with E-state index in [-0.39, 0.29) is 5.82 Å². The van der Waals surface area contributed by atoms with Crippen LogP contribution in [0, 0.1) is 5.82 Å². The molecular formula is C23H19FN4O. The molecule has 0 unspecified atom stereocenters. The average molecular weight is 386 g/mol. The number of benzene rings is 2. The summed E-state index contributed by atoms with van der Waals surface area (Å²) in [5.41, 5.74) is 2.82. The molecule has 1 saturated heterocycles. The summed E-state index contributed by atoms with van der Waals surface area (Å²) in [4.78, 5) is 16.0. The van der Waals surface area contributed by atoms with E-state index in [0.29, 0.717) is 22.7 Å². The van der Waals surface area contributed by atoms with Crippen LogP contribution in [0.3, 0.4) is 0 Å². The molecule has 2 aromatic carbocycles. The van der Waals surface area contributed by atoms with E-state index < -0.39 is 0 Å². The molecule has 1 fully saturated rings. The molecule has 0 N–H and O–H groups in total. The molecule has 6 heteroatoms. The van der Waals surface area contributed by atoms with Gasteiger partial charge in [-0.1, -0.05) is 18.2 Å². The number of halogens is 1. The van der Waals surface area contributed by atoms with Crippen molar-refractivity contribution < 1.29 is 9.13 Å². The van der Waals surface area contributed by atoms with Crippen LogP contribution in [-0.4, -0.2) is 35.2 Å². The second kappa shape index (κ2) is 7.13. The van der Waals surface area contributed by atoms with Crippen LogP contribution in [-0.2, 0) is 0 Å². The molecule has 0 spiro atoms. The number of hydrogen-bond acceptors (Lipinski definition) is 5. The summed E-state index contributed by atoms with van der Waals surface area (Å²) in [6, 6.07) is 14.3. The molecule has 4 aromatic rings. The number of aromatic nitrogens is 3. The Hall–Kier alpha value is -3.54. The first-order valence-electron chi connectivity index (χ1n) is 9.54. The first-order valence-corrected chi connectivity index (χ1v) is 9.54. The van der Waals surface area contributed by atoms with Gasteiger partial charge in [0.1, 0.15) is 22.9 Å². The number of nitrogens with zero attached hydrogens (tertiary/aromatic N) is 4. The van der Waals surface area contributed by atoms with Crippen LogP contribution in [0.1, 0.15) is 6.42 Å². The molecule has 0 bridgehead atoms. The van der Waals surface area contributed by atoms with Crippen molar-refractivity contribution >= 4 is 16.7 Å². The molecule has 29 heavy (non-hydrogen) atoms. The van der Waals surface area contributed by atoms with Gasteiger partial charge in [0.15, 0.2) is 5.82 Å². The molecule has 5 rings (SSSR count). The quantitative estimate of drug-likeness (QED) is 0.508. The van der Waals surface area contributed by atoms with E-state index in [1.807, 2.05) is 30.3 Å². The van der Waals surface area contributed by atoms with Gasteiger partial charge < -0.3 is 9.64 Å². The molecule has 0 aliphatic carbocycles. The summed E-state index contributed by atoms with van der Waals surface area (Å²) in [7, 11) is 1.61. The highest BCUT2D eigenvalue weighted by Gasteiger charge is 2.23.